The molecule has 1 saturated heterocycles. The summed E-state index contributed by atoms with van der Waals surface area (Å²) in [7, 11) is 0. The number of fused-ring (bicyclic) bond motifs is 3. The Morgan fingerprint density at radius 1 is 1.25 bits per heavy atom. The molecule has 0 unspecified atom stereocenters. The maximum Gasteiger partial charge on any atom is 0.179 e. The van der Waals surface area contributed by atoms with E-state index in [9.17, 15) is 0 Å². The fraction of sp³-hybridized carbons (Fsp3) is 0.667. The first-order chi connectivity index (χ1) is 13.8. The van der Waals surface area contributed by atoms with E-state index in [-0.39, 0.29) is 0 Å². The third kappa shape index (κ3) is 3.31. The van der Waals surface area contributed by atoms with E-state index in [1.807, 2.05) is 6.20 Å². The summed E-state index contributed by atoms with van der Waals surface area (Å²) in [6.07, 6.45) is 10.9. The van der Waals surface area contributed by atoms with Crippen molar-refractivity contribution < 1.29 is 9.47 Å². The van der Waals surface area contributed by atoms with Crippen molar-refractivity contribution in [3.8, 4) is 0 Å². The highest BCUT2D eigenvalue weighted by molar-refractivity contribution is 5.74. The average molecular weight is 383 g/mol. The minimum Gasteiger partial charge on any atom is -0.381 e. The second-order valence-corrected chi connectivity index (χ2v) is 8.30. The molecule has 0 aromatic carbocycles. The maximum atomic E-state index is 6.33. The molecule has 0 radical (unpaired) electrons. The van der Waals surface area contributed by atoms with Gasteiger partial charge in [0.15, 0.2) is 11.3 Å². The molecular formula is C21H29N5O2. The third-order valence-electron chi connectivity index (χ3n) is 6.70. The Balaban J connectivity index is 1.31. The summed E-state index contributed by atoms with van der Waals surface area (Å²) in [4.78, 5) is 7.63. The monoisotopic (exact) mass is 383 g/mol. The number of ether oxygens (including phenoxy) is 2. The summed E-state index contributed by atoms with van der Waals surface area (Å²) >= 11 is 0. The number of hydrogen-bond donors (Lipinski definition) is 1. The van der Waals surface area contributed by atoms with Gasteiger partial charge in [-0.1, -0.05) is 13.3 Å². The maximum absolute atomic E-state index is 6.33. The molecule has 3 aromatic rings. The first kappa shape index (κ1) is 18.1. The van der Waals surface area contributed by atoms with Crippen molar-refractivity contribution in [2.75, 3.05) is 19.8 Å². The average Bonchev–Trinajstić information content (AvgIpc) is 3.45. The molecule has 2 aliphatic rings. The molecule has 7 nitrogen and oxygen atoms in total. The van der Waals surface area contributed by atoms with Gasteiger partial charge in [0.25, 0.3) is 0 Å². The van der Waals surface area contributed by atoms with Gasteiger partial charge in [0.2, 0.25) is 0 Å². The number of aromatic amines is 1. The van der Waals surface area contributed by atoms with E-state index in [4.69, 9.17) is 9.47 Å². The third-order valence-corrected chi connectivity index (χ3v) is 6.70. The second-order valence-electron chi connectivity index (χ2n) is 8.30. The first-order valence-electron chi connectivity index (χ1n) is 10.7. The highest BCUT2D eigenvalue weighted by atomic mass is 16.5. The van der Waals surface area contributed by atoms with E-state index in [0.29, 0.717) is 17.9 Å². The van der Waals surface area contributed by atoms with Crippen molar-refractivity contribution in [3.05, 3.63) is 24.3 Å². The Bertz CT molecular complexity index is 929. The van der Waals surface area contributed by atoms with Gasteiger partial charge >= 0.3 is 0 Å². The van der Waals surface area contributed by atoms with Gasteiger partial charge in [-0.25, -0.2) is 4.98 Å². The van der Waals surface area contributed by atoms with Gasteiger partial charge in [0, 0.05) is 31.9 Å². The van der Waals surface area contributed by atoms with Crippen LogP contribution in [0.15, 0.2) is 18.5 Å². The molecule has 0 bridgehead atoms. The predicted octanol–water partition coefficient (Wildman–Crippen LogP) is 3.71. The van der Waals surface area contributed by atoms with Crippen molar-refractivity contribution in [2.24, 2.45) is 11.8 Å². The lowest BCUT2D eigenvalue weighted by Crippen LogP contribution is -2.19. The van der Waals surface area contributed by atoms with Crippen LogP contribution >= 0.6 is 0 Å². The number of H-pyrrole nitrogens is 1. The first-order valence-corrected chi connectivity index (χ1v) is 10.7. The van der Waals surface area contributed by atoms with Gasteiger partial charge in [-0.15, -0.1) is 10.2 Å². The lowest BCUT2D eigenvalue weighted by Gasteiger charge is -2.22. The molecule has 0 spiro atoms. The molecule has 5 rings (SSSR count). The van der Waals surface area contributed by atoms with Crippen LogP contribution in [0.2, 0.25) is 0 Å². The largest absolute Gasteiger partial charge is 0.381 e. The summed E-state index contributed by atoms with van der Waals surface area (Å²) < 4.78 is 14.0. The molecule has 1 saturated carbocycles. The van der Waals surface area contributed by atoms with Crippen LogP contribution in [0.1, 0.15) is 57.2 Å². The van der Waals surface area contributed by atoms with E-state index in [0.717, 1.165) is 74.1 Å². The Kier molecular flexibility index (Phi) is 5.03. The molecule has 1 aliphatic heterocycles. The molecule has 3 aromatic heterocycles. The van der Waals surface area contributed by atoms with Crippen molar-refractivity contribution in [1.82, 2.24) is 24.6 Å². The van der Waals surface area contributed by atoms with Gasteiger partial charge < -0.3 is 14.5 Å². The summed E-state index contributed by atoms with van der Waals surface area (Å²) in [6.45, 7) is 4.97. The molecule has 1 N–H and O–H groups in total. The smallest absolute Gasteiger partial charge is 0.179 e. The summed E-state index contributed by atoms with van der Waals surface area (Å²) in [6, 6.07) is 2.06. The van der Waals surface area contributed by atoms with E-state index < -0.39 is 0 Å². The van der Waals surface area contributed by atoms with Crippen LogP contribution in [-0.4, -0.2) is 50.5 Å². The zero-order valence-corrected chi connectivity index (χ0v) is 16.5. The van der Waals surface area contributed by atoms with Crippen molar-refractivity contribution in [3.63, 3.8) is 0 Å². The highest BCUT2D eigenvalue weighted by Crippen LogP contribution is 2.42. The van der Waals surface area contributed by atoms with Gasteiger partial charge in [0.1, 0.15) is 5.82 Å². The van der Waals surface area contributed by atoms with E-state index in [1.54, 1.807) is 6.20 Å². The van der Waals surface area contributed by atoms with E-state index >= 15 is 0 Å². The standard InChI is InChI=1S/C21H29N5O2/c1-2-15-11-16(28-10-6-14-4-8-27-9-5-14)12-17(15)21-25-24-19-13-23-20-18(26(19)21)3-7-22-20/h3,7,13-17,22H,2,4-6,8-12H2,1H3/t15-,16+,17-/m1/s1. The van der Waals surface area contributed by atoms with Crippen molar-refractivity contribution >= 4 is 16.8 Å². The van der Waals surface area contributed by atoms with Crippen LogP contribution in [0.5, 0.6) is 0 Å². The fourth-order valence-corrected chi connectivity index (χ4v) is 5.05. The molecule has 1 aliphatic carbocycles. The molecule has 0 amide bonds. The number of nitrogens with zero attached hydrogens (tertiary/aromatic N) is 4. The van der Waals surface area contributed by atoms with E-state index in [1.165, 1.54) is 12.8 Å². The molecule has 4 heterocycles. The van der Waals surface area contributed by atoms with Crippen molar-refractivity contribution in [2.45, 2.75) is 57.5 Å². The van der Waals surface area contributed by atoms with Gasteiger partial charge in [0.05, 0.1) is 17.8 Å². The van der Waals surface area contributed by atoms with E-state index in [2.05, 4.69) is 37.6 Å². The van der Waals surface area contributed by atoms with Gasteiger partial charge in [-0.2, -0.15) is 0 Å². The Morgan fingerprint density at radius 2 is 2.14 bits per heavy atom. The normalized spacial score (nSPS) is 26.5. The second kappa shape index (κ2) is 7.79. The topological polar surface area (TPSA) is 77.3 Å². The lowest BCUT2D eigenvalue weighted by atomic mass is 9.93. The minimum absolute atomic E-state index is 0.325. The zero-order valence-electron chi connectivity index (χ0n) is 16.5. The van der Waals surface area contributed by atoms with Gasteiger partial charge in [-0.3, -0.25) is 4.40 Å². The molecule has 7 heteroatoms. The Hall–Kier alpha value is -1.99. The number of nitrogens with one attached hydrogen (secondary N) is 1. The van der Waals surface area contributed by atoms with Crippen LogP contribution < -0.4 is 0 Å². The number of aromatic nitrogens is 5. The molecule has 150 valence electrons. The van der Waals surface area contributed by atoms with Crippen LogP contribution in [0, 0.1) is 11.8 Å². The molecular weight excluding hydrogens is 354 g/mol. The summed E-state index contributed by atoms with van der Waals surface area (Å²) in [5, 5.41) is 8.98. The minimum atomic E-state index is 0.325. The van der Waals surface area contributed by atoms with Crippen LogP contribution in [0.4, 0.5) is 0 Å². The molecule has 28 heavy (non-hydrogen) atoms. The van der Waals surface area contributed by atoms with Crippen molar-refractivity contribution in [1.29, 1.82) is 0 Å². The number of hydrogen-bond acceptors (Lipinski definition) is 5. The summed E-state index contributed by atoms with van der Waals surface area (Å²) in [5.74, 6) is 2.79. The van der Waals surface area contributed by atoms with Gasteiger partial charge in [-0.05, 0) is 50.0 Å². The lowest BCUT2D eigenvalue weighted by molar-refractivity contribution is 0.0222. The van der Waals surface area contributed by atoms with Crippen LogP contribution in [-0.2, 0) is 9.47 Å². The Morgan fingerprint density at radius 3 is 3.00 bits per heavy atom. The highest BCUT2D eigenvalue weighted by Gasteiger charge is 2.37. The SMILES string of the molecule is CC[C@@H]1C[C@H](OCCC2CCOCC2)C[C@H]1c1nnc2cnc3[nH]ccc3n12. The fourth-order valence-electron chi connectivity index (χ4n) is 5.05. The zero-order chi connectivity index (χ0) is 18.9. The summed E-state index contributed by atoms with van der Waals surface area (Å²) in [5.41, 5.74) is 2.75. The van der Waals surface area contributed by atoms with Crippen LogP contribution in [0.3, 0.4) is 0 Å². The predicted molar refractivity (Wildman–Crippen MR) is 106 cm³/mol. The Labute approximate surface area is 164 Å². The quantitative estimate of drug-likeness (QED) is 0.702. The molecule has 3 atom stereocenters. The van der Waals surface area contributed by atoms with Crippen LogP contribution in [0.25, 0.3) is 16.8 Å². The number of rotatable bonds is 6. The molecule has 2 fully saturated rings.